The van der Waals surface area contributed by atoms with Crippen LogP contribution >= 0.6 is 11.6 Å². The molecule has 1 saturated heterocycles. The zero-order chi connectivity index (χ0) is 23.8. The molecule has 0 atom stereocenters. The van der Waals surface area contributed by atoms with E-state index in [0.29, 0.717) is 48.3 Å². The topological polar surface area (TPSA) is 60.2 Å². The van der Waals surface area contributed by atoms with Gasteiger partial charge in [-0.1, -0.05) is 42.4 Å². The molecule has 0 N–H and O–H groups in total. The number of aromatic nitrogens is 1. The molecule has 0 unspecified atom stereocenters. The number of anilines is 1. The minimum Gasteiger partial charge on any atom is -0.366 e. The molecule has 1 aliphatic rings. The number of amides is 1. The highest BCUT2D eigenvalue weighted by atomic mass is 35.5. The third-order valence-corrected chi connectivity index (χ3v) is 6.06. The van der Waals surface area contributed by atoms with E-state index >= 15 is 0 Å². The number of hydrogen-bond acceptors (Lipinski definition) is 4. The van der Waals surface area contributed by atoms with Crippen molar-refractivity contribution in [1.82, 2.24) is 9.88 Å². The van der Waals surface area contributed by atoms with Gasteiger partial charge in [0.25, 0.3) is 0 Å². The standard InChI is InChI=1S/C24H18ClF3N4O/c1-2-20(33)31-9-11-32(12-10-31)23-15(13-29)14-30-22-18(23)8-7-17(21(22)25)16-5-3-4-6-19(16)24(26,27)28/h2-8,14H,1,9-12H2. The van der Waals surface area contributed by atoms with Gasteiger partial charge in [-0.05, 0) is 23.8 Å². The van der Waals surface area contributed by atoms with Crippen LogP contribution in [0.2, 0.25) is 5.02 Å². The van der Waals surface area contributed by atoms with Crippen LogP contribution in [0.1, 0.15) is 11.1 Å². The van der Waals surface area contributed by atoms with E-state index in [1.54, 1.807) is 11.0 Å². The van der Waals surface area contributed by atoms with E-state index in [1.807, 2.05) is 4.90 Å². The van der Waals surface area contributed by atoms with E-state index in [1.165, 1.54) is 36.5 Å². The SMILES string of the molecule is C=CC(=O)N1CCN(c2c(C#N)cnc3c(Cl)c(-c4ccccc4C(F)(F)F)ccc23)CC1. The Bertz CT molecular complexity index is 1290. The maximum Gasteiger partial charge on any atom is 0.417 e. The lowest BCUT2D eigenvalue weighted by molar-refractivity contribution is -0.137. The normalized spacial score (nSPS) is 14.3. The zero-order valence-corrected chi connectivity index (χ0v) is 18.1. The molecule has 2 aromatic carbocycles. The van der Waals surface area contributed by atoms with Gasteiger partial charge in [0.05, 0.1) is 27.4 Å². The highest BCUT2D eigenvalue weighted by Crippen LogP contribution is 2.43. The third kappa shape index (κ3) is 4.12. The molecule has 1 amide bonds. The zero-order valence-electron chi connectivity index (χ0n) is 17.4. The van der Waals surface area contributed by atoms with Gasteiger partial charge in [0.15, 0.2) is 0 Å². The van der Waals surface area contributed by atoms with Crippen LogP contribution in [0.4, 0.5) is 18.9 Å². The van der Waals surface area contributed by atoms with Gasteiger partial charge in [-0.2, -0.15) is 18.4 Å². The van der Waals surface area contributed by atoms with Gasteiger partial charge in [-0.15, -0.1) is 0 Å². The third-order valence-electron chi connectivity index (χ3n) is 5.67. The van der Waals surface area contributed by atoms with Crippen LogP contribution in [-0.4, -0.2) is 42.0 Å². The lowest BCUT2D eigenvalue weighted by Gasteiger charge is -2.36. The van der Waals surface area contributed by atoms with Gasteiger partial charge in [0.2, 0.25) is 5.91 Å². The second-order valence-corrected chi connectivity index (χ2v) is 7.89. The summed E-state index contributed by atoms with van der Waals surface area (Å²) in [6.45, 7) is 5.35. The fourth-order valence-electron chi connectivity index (χ4n) is 4.09. The first-order valence-corrected chi connectivity index (χ1v) is 10.5. The fourth-order valence-corrected chi connectivity index (χ4v) is 4.41. The first-order valence-electron chi connectivity index (χ1n) is 10.1. The summed E-state index contributed by atoms with van der Waals surface area (Å²) in [7, 11) is 0. The molecule has 168 valence electrons. The lowest BCUT2D eigenvalue weighted by atomic mass is 9.97. The molecule has 4 rings (SSSR count). The quantitative estimate of drug-likeness (QED) is 0.489. The number of pyridine rings is 1. The number of carbonyl (C=O) groups is 1. The van der Waals surface area contributed by atoms with Crippen molar-refractivity contribution >= 4 is 34.1 Å². The Kier molecular flexibility index (Phi) is 6.00. The van der Waals surface area contributed by atoms with Crippen LogP contribution in [0, 0.1) is 11.3 Å². The van der Waals surface area contributed by atoms with Gasteiger partial charge in [-0.25, -0.2) is 0 Å². The number of halogens is 4. The average Bonchev–Trinajstić information content (AvgIpc) is 2.82. The molecule has 1 aromatic heterocycles. The van der Waals surface area contributed by atoms with Gasteiger partial charge in [0, 0.05) is 43.3 Å². The molecule has 0 saturated carbocycles. The number of hydrogen-bond donors (Lipinski definition) is 0. The Hall–Kier alpha value is -3.57. The molecule has 3 aromatic rings. The van der Waals surface area contributed by atoms with Crippen molar-refractivity contribution in [1.29, 1.82) is 5.26 Å². The number of nitrogens with zero attached hydrogens (tertiary/aromatic N) is 4. The highest BCUT2D eigenvalue weighted by Gasteiger charge is 2.34. The number of rotatable bonds is 3. The summed E-state index contributed by atoms with van der Waals surface area (Å²) < 4.78 is 40.7. The molecule has 0 aliphatic carbocycles. The summed E-state index contributed by atoms with van der Waals surface area (Å²) in [5.74, 6) is -0.161. The molecular formula is C24H18ClF3N4O. The Labute approximate surface area is 193 Å². The molecule has 0 spiro atoms. The van der Waals surface area contributed by atoms with Crippen LogP contribution in [0.15, 0.2) is 55.3 Å². The van der Waals surface area contributed by atoms with Gasteiger partial charge in [0.1, 0.15) is 6.07 Å². The van der Waals surface area contributed by atoms with Gasteiger partial charge >= 0.3 is 6.18 Å². The number of carbonyl (C=O) groups excluding carboxylic acids is 1. The summed E-state index contributed by atoms with van der Waals surface area (Å²) in [4.78, 5) is 19.8. The second-order valence-electron chi connectivity index (χ2n) is 7.52. The maximum atomic E-state index is 13.6. The summed E-state index contributed by atoms with van der Waals surface area (Å²) in [5, 5.41) is 10.3. The maximum absolute atomic E-state index is 13.6. The largest absolute Gasteiger partial charge is 0.417 e. The highest BCUT2D eigenvalue weighted by molar-refractivity contribution is 6.38. The molecule has 0 radical (unpaired) electrons. The van der Waals surface area contributed by atoms with E-state index in [2.05, 4.69) is 17.6 Å². The van der Waals surface area contributed by atoms with Crippen LogP contribution in [-0.2, 0) is 11.0 Å². The molecule has 9 heteroatoms. The van der Waals surface area contributed by atoms with Crippen LogP contribution < -0.4 is 4.90 Å². The van der Waals surface area contributed by atoms with Crippen molar-refractivity contribution in [2.45, 2.75) is 6.18 Å². The molecule has 1 fully saturated rings. The predicted octanol–water partition coefficient (Wildman–Crippen LogP) is 5.28. The van der Waals surface area contributed by atoms with E-state index in [9.17, 15) is 23.2 Å². The second kappa shape index (κ2) is 8.75. The Morgan fingerprint density at radius 2 is 1.82 bits per heavy atom. The van der Waals surface area contributed by atoms with E-state index < -0.39 is 11.7 Å². The van der Waals surface area contributed by atoms with E-state index in [4.69, 9.17) is 11.6 Å². The first kappa shape index (κ1) is 22.6. The number of nitriles is 1. The Morgan fingerprint density at radius 1 is 1.12 bits per heavy atom. The monoisotopic (exact) mass is 470 g/mol. The van der Waals surface area contributed by atoms with Crippen molar-refractivity contribution in [3.05, 3.63) is 71.4 Å². The number of fused-ring (bicyclic) bond motifs is 1. The molecule has 33 heavy (non-hydrogen) atoms. The van der Waals surface area contributed by atoms with Gasteiger partial charge < -0.3 is 9.80 Å². The van der Waals surface area contributed by atoms with Crippen LogP contribution in [0.25, 0.3) is 22.0 Å². The minimum atomic E-state index is -4.54. The predicted molar refractivity (Wildman–Crippen MR) is 121 cm³/mol. The molecule has 1 aliphatic heterocycles. The molecular weight excluding hydrogens is 453 g/mol. The minimum absolute atomic E-state index is 0.0406. The van der Waals surface area contributed by atoms with Crippen molar-refractivity contribution in [2.75, 3.05) is 31.1 Å². The molecule has 0 bridgehead atoms. The van der Waals surface area contributed by atoms with E-state index in [-0.39, 0.29) is 22.1 Å². The number of alkyl halides is 3. The van der Waals surface area contributed by atoms with Gasteiger partial charge in [-0.3, -0.25) is 9.78 Å². The van der Waals surface area contributed by atoms with Crippen molar-refractivity contribution < 1.29 is 18.0 Å². The summed E-state index contributed by atoms with van der Waals surface area (Å²) in [6, 6.07) is 10.5. The van der Waals surface area contributed by atoms with Crippen LogP contribution in [0.5, 0.6) is 0 Å². The summed E-state index contributed by atoms with van der Waals surface area (Å²) in [6.07, 6.45) is -1.90. The van der Waals surface area contributed by atoms with Crippen molar-refractivity contribution in [3.8, 4) is 17.2 Å². The first-order chi connectivity index (χ1) is 15.8. The Morgan fingerprint density at radius 3 is 2.45 bits per heavy atom. The average molecular weight is 471 g/mol. The molecule has 5 nitrogen and oxygen atoms in total. The summed E-state index contributed by atoms with van der Waals surface area (Å²) in [5.41, 5.74) is 0.618. The smallest absolute Gasteiger partial charge is 0.366 e. The van der Waals surface area contributed by atoms with Crippen molar-refractivity contribution in [3.63, 3.8) is 0 Å². The number of piperazine rings is 1. The van der Waals surface area contributed by atoms with E-state index in [0.717, 1.165) is 6.07 Å². The number of benzene rings is 2. The Balaban J connectivity index is 1.82. The summed E-state index contributed by atoms with van der Waals surface area (Å²) >= 11 is 6.59. The fraction of sp³-hybridized carbons (Fsp3) is 0.208. The van der Waals surface area contributed by atoms with Crippen LogP contribution in [0.3, 0.4) is 0 Å². The van der Waals surface area contributed by atoms with Crippen molar-refractivity contribution in [2.24, 2.45) is 0 Å². The lowest BCUT2D eigenvalue weighted by Crippen LogP contribution is -2.48. The molecule has 2 heterocycles.